The molecule has 1 aromatic heterocycles. The molecule has 3 aromatic rings. The Bertz CT molecular complexity index is 1380. The molecule has 0 aliphatic heterocycles. The highest BCUT2D eigenvalue weighted by molar-refractivity contribution is 6.05. The maximum Gasteiger partial charge on any atom is 0.416 e. The van der Waals surface area contributed by atoms with E-state index in [9.17, 15) is 18.0 Å². The molecular weight excluding hydrogens is 521 g/mol. The first-order chi connectivity index (χ1) is 18.7. The van der Waals surface area contributed by atoms with Crippen LogP contribution < -0.4 is 26.8 Å². The van der Waals surface area contributed by atoms with Crippen molar-refractivity contribution in [3.8, 4) is 0 Å². The van der Waals surface area contributed by atoms with Crippen LogP contribution in [0.5, 0.6) is 0 Å². The second-order valence-corrected chi connectivity index (χ2v) is 10.1. The first-order valence-electron chi connectivity index (χ1n) is 12.7. The normalized spacial score (nSPS) is 12.1. The van der Waals surface area contributed by atoms with Gasteiger partial charge in [0.1, 0.15) is 0 Å². The van der Waals surface area contributed by atoms with Crippen LogP contribution in [0.4, 0.5) is 30.2 Å². The minimum Gasteiger partial charge on any atom is -0.397 e. The lowest BCUT2D eigenvalue weighted by Gasteiger charge is -2.23. The smallest absolute Gasteiger partial charge is 0.397 e. The Morgan fingerprint density at radius 1 is 1.10 bits per heavy atom. The van der Waals surface area contributed by atoms with Gasteiger partial charge in [-0.25, -0.2) is 5.84 Å². The largest absolute Gasteiger partial charge is 0.416 e. The third-order valence-corrected chi connectivity index (χ3v) is 6.62. The minimum atomic E-state index is -4.61. The second-order valence-electron chi connectivity index (χ2n) is 10.1. The molecule has 1 heterocycles. The van der Waals surface area contributed by atoms with Crippen LogP contribution in [0.2, 0.25) is 0 Å². The molecule has 40 heavy (non-hydrogen) atoms. The first kappa shape index (κ1) is 30.5. The number of halogens is 3. The molecule has 12 heteroatoms. The van der Waals surface area contributed by atoms with Gasteiger partial charge in [-0.1, -0.05) is 6.07 Å². The SMILES string of the molecule is Cc1ccc(NC(=O)c2cc(N(C)CCCN(C)C)cc(C(F)(F)F)c2)cc1N(N)/C=C(\N)c1cnn(C)c1C. The van der Waals surface area contributed by atoms with E-state index in [4.69, 9.17) is 11.6 Å². The first-order valence-corrected chi connectivity index (χ1v) is 12.7. The summed E-state index contributed by atoms with van der Waals surface area (Å²) >= 11 is 0. The lowest BCUT2D eigenvalue weighted by molar-refractivity contribution is -0.137. The number of nitrogens with zero attached hydrogens (tertiary/aromatic N) is 5. The number of carbonyl (C=O) groups is 1. The Morgan fingerprint density at radius 3 is 2.40 bits per heavy atom. The Kier molecular flexibility index (Phi) is 9.48. The monoisotopic (exact) mass is 558 g/mol. The molecule has 0 aliphatic carbocycles. The van der Waals surface area contributed by atoms with Gasteiger partial charge in [0, 0.05) is 55.0 Å². The molecule has 3 rings (SSSR count). The van der Waals surface area contributed by atoms with E-state index in [1.165, 1.54) is 11.1 Å². The van der Waals surface area contributed by atoms with E-state index in [2.05, 4.69) is 10.4 Å². The summed E-state index contributed by atoms with van der Waals surface area (Å²) in [6.07, 6.45) is -0.668. The summed E-state index contributed by atoms with van der Waals surface area (Å²) in [5.74, 6) is 5.61. The minimum absolute atomic E-state index is 0.104. The fourth-order valence-corrected chi connectivity index (χ4v) is 4.12. The number of anilines is 3. The van der Waals surface area contributed by atoms with Gasteiger partial charge >= 0.3 is 6.18 Å². The van der Waals surface area contributed by atoms with Crippen LogP contribution in [0.15, 0.2) is 48.8 Å². The maximum atomic E-state index is 13.7. The van der Waals surface area contributed by atoms with Gasteiger partial charge in [-0.15, -0.1) is 0 Å². The van der Waals surface area contributed by atoms with Crippen molar-refractivity contribution in [2.45, 2.75) is 26.4 Å². The van der Waals surface area contributed by atoms with Crippen molar-refractivity contribution in [1.29, 1.82) is 0 Å². The molecule has 0 radical (unpaired) electrons. The highest BCUT2D eigenvalue weighted by atomic mass is 19.4. The fourth-order valence-electron chi connectivity index (χ4n) is 4.12. The predicted octanol–water partition coefficient (Wildman–Crippen LogP) is 4.33. The fraction of sp³-hybridized carbons (Fsp3) is 0.357. The van der Waals surface area contributed by atoms with Crippen molar-refractivity contribution in [2.75, 3.05) is 49.5 Å². The third-order valence-electron chi connectivity index (χ3n) is 6.62. The number of aromatic nitrogens is 2. The quantitative estimate of drug-likeness (QED) is 0.251. The number of alkyl halides is 3. The molecule has 5 N–H and O–H groups in total. The second kappa shape index (κ2) is 12.4. The van der Waals surface area contributed by atoms with Crippen molar-refractivity contribution in [2.24, 2.45) is 18.6 Å². The number of aryl methyl sites for hydroxylation is 2. The van der Waals surface area contributed by atoms with Gasteiger partial charge in [-0.05, 0) is 76.8 Å². The summed E-state index contributed by atoms with van der Waals surface area (Å²) in [4.78, 5) is 16.9. The van der Waals surface area contributed by atoms with E-state index in [1.807, 2.05) is 32.8 Å². The number of hydrogen-bond acceptors (Lipinski definition) is 7. The molecule has 0 saturated carbocycles. The maximum absolute atomic E-state index is 13.7. The van der Waals surface area contributed by atoms with E-state index in [0.29, 0.717) is 29.3 Å². The van der Waals surface area contributed by atoms with E-state index < -0.39 is 17.6 Å². The van der Waals surface area contributed by atoms with Crippen molar-refractivity contribution in [3.63, 3.8) is 0 Å². The van der Waals surface area contributed by atoms with Crippen LogP contribution in [0.3, 0.4) is 0 Å². The molecule has 1 amide bonds. The van der Waals surface area contributed by atoms with Crippen LogP contribution in [0.1, 0.15) is 39.2 Å². The molecule has 0 unspecified atom stereocenters. The van der Waals surface area contributed by atoms with E-state index in [-0.39, 0.29) is 5.56 Å². The number of rotatable bonds is 10. The highest BCUT2D eigenvalue weighted by Gasteiger charge is 2.32. The lowest BCUT2D eigenvalue weighted by atomic mass is 10.1. The molecular formula is C28H37F3N8O. The van der Waals surface area contributed by atoms with Crippen molar-refractivity contribution in [1.82, 2.24) is 14.7 Å². The van der Waals surface area contributed by atoms with Crippen molar-refractivity contribution >= 4 is 28.7 Å². The molecule has 0 spiro atoms. The number of nitrogens with two attached hydrogens (primary N) is 2. The Labute approximate surface area is 232 Å². The molecule has 0 saturated heterocycles. The van der Waals surface area contributed by atoms with Gasteiger partial charge in [0.25, 0.3) is 5.91 Å². The van der Waals surface area contributed by atoms with Crippen LogP contribution in [-0.4, -0.2) is 54.8 Å². The number of benzene rings is 2. The average molecular weight is 559 g/mol. The lowest BCUT2D eigenvalue weighted by Crippen LogP contribution is -2.27. The van der Waals surface area contributed by atoms with Gasteiger partial charge < -0.3 is 20.9 Å². The Morgan fingerprint density at radius 2 is 1.80 bits per heavy atom. The Hall–Kier alpha value is -4.03. The number of hydrogen-bond donors (Lipinski definition) is 3. The average Bonchev–Trinajstić information content (AvgIpc) is 3.21. The zero-order valence-corrected chi connectivity index (χ0v) is 23.7. The summed E-state index contributed by atoms with van der Waals surface area (Å²) in [5.41, 5.74) is 9.26. The van der Waals surface area contributed by atoms with E-state index in [1.54, 1.807) is 54.3 Å². The third kappa shape index (κ3) is 7.54. The predicted molar refractivity (Wildman–Crippen MR) is 154 cm³/mol. The number of carbonyl (C=O) groups excluding carboxylic acids is 1. The van der Waals surface area contributed by atoms with E-state index in [0.717, 1.165) is 41.9 Å². The Balaban J connectivity index is 1.86. The zero-order valence-electron chi connectivity index (χ0n) is 23.7. The van der Waals surface area contributed by atoms with Gasteiger partial charge in [-0.2, -0.15) is 18.3 Å². The van der Waals surface area contributed by atoms with Gasteiger partial charge in [0.05, 0.1) is 23.1 Å². The molecule has 216 valence electrons. The number of nitrogens with one attached hydrogen (secondary N) is 1. The van der Waals surface area contributed by atoms with Crippen LogP contribution >= 0.6 is 0 Å². The summed E-state index contributed by atoms with van der Waals surface area (Å²) in [6, 6.07) is 8.42. The zero-order chi connectivity index (χ0) is 29.8. The molecule has 0 fully saturated rings. The summed E-state index contributed by atoms with van der Waals surface area (Å²) in [5, 5.41) is 8.22. The summed E-state index contributed by atoms with van der Waals surface area (Å²) in [6.45, 7) is 5.04. The van der Waals surface area contributed by atoms with Gasteiger partial charge in [0.2, 0.25) is 0 Å². The summed E-state index contributed by atoms with van der Waals surface area (Å²) in [7, 11) is 7.38. The standard InChI is InChI=1S/C28H37F3N8O/c1-18-8-9-22(15-26(18)39(33)17-25(32)24-16-34-38(6)19(24)2)35-27(40)20-12-21(28(29,30)31)14-23(13-20)37(5)11-7-10-36(3)4/h8-9,12-17H,7,10-11,32-33H2,1-6H3,(H,35,40)/b25-17-. The van der Waals surface area contributed by atoms with Crippen LogP contribution in [0, 0.1) is 13.8 Å². The van der Waals surface area contributed by atoms with Gasteiger partial charge in [-0.3, -0.25) is 14.5 Å². The van der Waals surface area contributed by atoms with Crippen LogP contribution in [-0.2, 0) is 13.2 Å². The molecule has 0 aliphatic rings. The molecule has 9 nitrogen and oxygen atoms in total. The van der Waals surface area contributed by atoms with Crippen molar-refractivity contribution < 1.29 is 18.0 Å². The molecule has 2 aromatic carbocycles. The number of amides is 1. The highest BCUT2D eigenvalue weighted by Crippen LogP contribution is 2.33. The topological polar surface area (TPSA) is 109 Å². The summed E-state index contributed by atoms with van der Waals surface area (Å²) < 4.78 is 42.8. The van der Waals surface area contributed by atoms with Crippen molar-refractivity contribution in [3.05, 3.63) is 76.7 Å². The number of hydrazine groups is 1. The van der Waals surface area contributed by atoms with Gasteiger partial charge in [0.15, 0.2) is 0 Å². The molecule has 0 bridgehead atoms. The van der Waals surface area contributed by atoms with E-state index >= 15 is 0 Å². The van der Waals surface area contributed by atoms with Crippen LogP contribution in [0.25, 0.3) is 5.70 Å². The molecule has 0 atom stereocenters.